The van der Waals surface area contributed by atoms with Gasteiger partial charge in [-0.2, -0.15) is 0 Å². The Morgan fingerprint density at radius 3 is 2.42 bits per heavy atom. The Hall–Kier alpha value is -2.92. The van der Waals surface area contributed by atoms with Crippen LogP contribution in [-0.2, 0) is 6.54 Å². The maximum atomic E-state index is 12.3. The average molecular weight is 362 g/mol. The zero-order valence-corrected chi connectivity index (χ0v) is 14.9. The van der Waals surface area contributed by atoms with E-state index in [1.165, 1.54) is 11.8 Å². The smallest absolute Gasteiger partial charge is 0.251 e. The molecule has 1 N–H and O–H groups in total. The van der Waals surface area contributed by atoms with Crippen molar-refractivity contribution in [2.24, 2.45) is 0 Å². The Bertz CT molecular complexity index is 883. The molecule has 3 rings (SSSR count). The fourth-order valence-electron chi connectivity index (χ4n) is 2.36. The van der Waals surface area contributed by atoms with Crippen LogP contribution < -0.4 is 5.32 Å². The first-order valence-electron chi connectivity index (χ1n) is 8.21. The Morgan fingerprint density at radius 2 is 1.65 bits per heavy atom. The summed E-state index contributed by atoms with van der Waals surface area (Å²) in [6.07, 6.45) is 1.70. The zero-order valence-electron chi connectivity index (χ0n) is 14.1. The number of thioether (sulfide) groups is 1. The van der Waals surface area contributed by atoms with Crippen LogP contribution in [0.3, 0.4) is 0 Å². The third-order valence-corrected chi connectivity index (χ3v) is 4.71. The molecule has 0 aliphatic rings. The van der Waals surface area contributed by atoms with Crippen LogP contribution in [0.1, 0.15) is 26.4 Å². The maximum Gasteiger partial charge on any atom is 0.251 e. The number of carbonyl (C=O) groups is 2. The van der Waals surface area contributed by atoms with Crippen molar-refractivity contribution in [3.8, 4) is 0 Å². The summed E-state index contributed by atoms with van der Waals surface area (Å²) < 4.78 is 0. The standard InChI is InChI=1S/C21H18N2O2S/c24-20(16-7-2-1-3-8-16)15-26-19-11-6-9-17(13-19)21(25)23-14-18-10-4-5-12-22-18/h1-13H,14-15H2,(H,23,25). The number of nitrogens with one attached hydrogen (secondary N) is 1. The Morgan fingerprint density at radius 1 is 0.885 bits per heavy atom. The minimum absolute atomic E-state index is 0.0700. The molecule has 4 nitrogen and oxygen atoms in total. The predicted octanol–water partition coefficient (Wildman–Crippen LogP) is 3.99. The molecule has 5 heteroatoms. The van der Waals surface area contributed by atoms with Crippen molar-refractivity contribution < 1.29 is 9.59 Å². The van der Waals surface area contributed by atoms with E-state index in [1.54, 1.807) is 18.3 Å². The van der Waals surface area contributed by atoms with Gasteiger partial charge in [0.15, 0.2) is 5.78 Å². The molecule has 0 atom stereocenters. The van der Waals surface area contributed by atoms with E-state index in [1.807, 2.05) is 60.7 Å². The van der Waals surface area contributed by atoms with Gasteiger partial charge < -0.3 is 5.32 Å². The number of hydrogen-bond acceptors (Lipinski definition) is 4. The van der Waals surface area contributed by atoms with Gasteiger partial charge in [0.05, 0.1) is 18.0 Å². The molecule has 26 heavy (non-hydrogen) atoms. The Kier molecular flexibility index (Phi) is 6.17. The number of hydrogen-bond donors (Lipinski definition) is 1. The van der Waals surface area contributed by atoms with Crippen molar-refractivity contribution in [3.63, 3.8) is 0 Å². The minimum atomic E-state index is -0.160. The number of carbonyl (C=O) groups excluding carboxylic acids is 2. The summed E-state index contributed by atoms with van der Waals surface area (Å²) in [6.45, 7) is 0.379. The van der Waals surface area contributed by atoms with E-state index in [0.717, 1.165) is 10.6 Å². The van der Waals surface area contributed by atoms with Crippen LogP contribution >= 0.6 is 11.8 Å². The van der Waals surface area contributed by atoms with Crippen molar-refractivity contribution in [1.29, 1.82) is 0 Å². The highest BCUT2D eigenvalue weighted by molar-refractivity contribution is 8.00. The third kappa shape index (κ3) is 5.04. The number of nitrogens with zero attached hydrogens (tertiary/aromatic N) is 1. The van der Waals surface area contributed by atoms with E-state index in [4.69, 9.17) is 0 Å². The molecule has 130 valence electrons. The molecule has 2 aromatic carbocycles. The van der Waals surface area contributed by atoms with E-state index in [-0.39, 0.29) is 11.7 Å². The molecule has 0 spiro atoms. The van der Waals surface area contributed by atoms with Crippen LogP contribution in [0, 0.1) is 0 Å². The SMILES string of the molecule is O=C(CSc1cccc(C(=O)NCc2ccccn2)c1)c1ccccc1. The predicted molar refractivity (Wildman–Crippen MR) is 103 cm³/mol. The van der Waals surface area contributed by atoms with Gasteiger partial charge in [0.2, 0.25) is 0 Å². The number of benzene rings is 2. The van der Waals surface area contributed by atoms with Gasteiger partial charge in [0, 0.05) is 22.2 Å². The molecule has 0 aliphatic carbocycles. The lowest BCUT2D eigenvalue weighted by atomic mass is 10.2. The summed E-state index contributed by atoms with van der Waals surface area (Å²) in [7, 11) is 0. The van der Waals surface area contributed by atoms with Crippen LogP contribution in [0.4, 0.5) is 0 Å². The largest absolute Gasteiger partial charge is 0.346 e. The van der Waals surface area contributed by atoms with Gasteiger partial charge in [-0.05, 0) is 30.3 Å². The van der Waals surface area contributed by atoms with Crippen molar-refractivity contribution in [3.05, 3.63) is 95.8 Å². The fraction of sp³-hybridized carbons (Fsp3) is 0.0952. The van der Waals surface area contributed by atoms with Gasteiger partial charge in [-0.25, -0.2) is 0 Å². The van der Waals surface area contributed by atoms with Crippen LogP contribution in [-0.4, -0.2) is 22.4 Å². The first-order chi connectivity index (χ1) is 12.7. The van der Waals surface area contributed by atoms with E-state index in [9.17, 15) is 9.59 Å². The number of rotatable bonds is 7. The second kappa shape index (κ2) is 8.97. The van der Waals surface area contributed by atoms with Gasteiger partial charge in [-0.1, -0.05) is 42.5 Å². The Labute approximate surface area is 156 Å². The van der Waals surface area contributed by atoms with Crippen molar-refractivity contribution in [2.75, 3.05) is 5.75 Å². The lowest BCUT2D eigenvalue weighted by molar-refractivity contribution is 0.0949. The normalized spacial score (nSPS) is 10.3. The summed E-state index contributed by atoms with van der Waals surface area (Å²) in [5.41, 5.74) is 2.07. The molecule has 0 aliphatic heterocycles. The number of ketones is 1. The highest BCUT2D eigenvalue weighted by Gasteiger charge is 2.09. The van der Waals surface area contributed by atoms with Gasteiger partial charge in [-0.15, -0.1) is 11.8 Å². The molecular weight excluding hydrogens is 344 g/mol. The molecular formula is C21H18N2O2S. The summed E-state index contributed by atoms with van der Waals surface area (Å²) in [5.74, 6) is 0.247. The first-order valence-corrected chi connectivity index (χ1v) is 9.20. The molecule has 1 heterocycles. The molecule has 0 bridgehead atoms. The quantitative estimate of drug-likeness (QED) is 0.510. The molecule has 1 amide bonds. The van der Waals surface area contributed by atoms with Crippen molar-refractivity contribution in [1.82, 2.24) is 10.3 Å². The Balaban J connectivity index is 1.57. The topological polar surface area (TPSA) is 59.1 Å². The molecule has 0 fully saturated rings. The van der Waals surface area contributed by atoms with Gasteiger partial charge in [-0.3, -0.25) is 14.6 Å². The van der Waals surface area contributed by atoms with Gasteiger partial charge in [0.25, 0.3) is 5.91 Å². The van der Waals surface area contributed by atoms with E-state index in [0.29, 0.717) is 23.4 Å². The minimum Gasteiger partial charge on any atom is -0.346 e. The van der Waals surface area contributed by atoms with Crippen LogP contribution in [0.15, 0.2) is 83.9 Å². The molecule has 0 saturated carbocycles. The maximum absolute atomic E-state index is 12.3. The highest BCUT2D eigenvalue weighted by atomic mass is 32.2. The van der Waals surface area contributed by atoms with E-state index in [2.05, 4.69) is 10.3 Å². The molecule has 0 radical (unpaired) electrons. The first kappa shape index (κ1) is 17.9. The summed E-state index contributed by atoms with van der Waals surface area (Å²) in [4.78, 5) is 29.6. The lowest BCUT2D eigenvalue weighted by Gasteiger charge is -2.07. The summed E-state index contributed by atoms with van der Waals surface area (Å²) in [5, 5.41) is 2.86. The fourth-order valence-corrected chi connectivity index (χ4v) is 3.21. The summed E-state index contributed by atoms with van der Waals surface area (Å²) >= 11 is 1.43. The number of amides is 1. The van der Waals surface area contributed by atoms with Gasteiger partial charge in [0.1, 0.15) is 0 Å². The van der Waals surface area contributed by atoms with Gasteiger partial charge >= 0.3 is 0 Å². The summed E-state index contributed by atoms with van der Waals surface area (Å²) in [6, 6.07) is 22.1. The average Bonchev–Trinajstić information content (AvgIpc) is 2.72. The van der Waals surface area contributed by atoms with Crippen LogP contribution in [0.2, 0.25) is 0 Å². The second-order valence-electron chi connectivity index (χ2n) is 5.61. The molecule has 0 unspecified atom stereocenters. The van der Waals surface area contributed by atoms with Crippen LogP contribution in [0.5, 0.6) is 0 Å². The van der Waals surface area contributed by atoms with E-state index >= 15 is 0 Å². The highest BCUT2D eigenvalue weighted by Crippen LogP contribution is 2.20. The zero-order chi connectivity index (χ0) is 18.2. The monoisotopic (exact) mass is 362 g/mol. The van der Waals surface area contributed by atoms with Crippen molar-refractivity contribution >= 4 is 23.5 Å². The molecule has 1 aromatic heterocycles. The van der Waals surface area contributed by atoms with Crippen molar-refractivity contribution in [2.45, 2.75) is 11.4 Å². The molecule has 0 saturated heterocycles. The van der Waals surface area contributed by atoms with Crippen LogP contribution in [0.25, 0.3) is 0 Å². The number of pyridine rings is 1. The lowest BCUT2D eigenvalue weighted by Crippen LogP contribution is -2.23. The third-order valence-electron chi connectivity index (χ3n) is 3.72. The van der Waals surface area contributed by atoms with E-state index < -0.39 is 0 Å². The number of Topliss-reactive ketones (excluding diaryl/α,β-unsaturated/α-hetero) is 1. The number of aromatic nitrogens is 1. The second-order valence-corrected chi connectivity index (χ2v) is 6.66. The molecule has 3 aromatic rings.